The van der Waals surface area contributed by atoms with Crippen molar-refractivity contribution in [2.45, 2.75) is 44.6 Å². The van der Waals surface area contributed by atoms with Crippen molar-refractivity contribution in [2.75, 3.05) is 0 Å². The second-order valence-corrected chi connectivity index (χ2v) is 5.19. The Morgan fingerprint density at radius 1 is 1.14 bits per heavy atom. The van der Waals surface area contributed by atoms with E-state index in [1.807, 2.05) is 0 Å². The van der Waals surface area contributed by atoms with Gasteiger partial charge in [-0.25, -0.2) is 0 Å². The van der Waals surface area contributed by atoms with Crippen molar-refractivity contribution < 1.29 is 39.8 Å². The second kappa shape index (κ2) is 6.09. The van der Waals surface area contributed by atoms with Crippen LogP contribution in [-0.4, -0.2) is 62.0 Å². The first kappa shape index (κ1) is 16.5. The minimum Gasteiger partial charge on any atom is -0.508 e. The standard InChI is InChI=1S/C14H18O8/c1-5(15)10-8(17)3-7(16)4-9(10)22-14-13(20)12(19)11(18)6(2)21-14/h3-4,6,11-14,16-20H,1-2H3/t6-,11-,12+,13-,14+/m0/s1. The van der Waals surface area contributed by atoms with Gasteiger partial charge < -0.3 is 35.0 Å². The maximum absolute atomic E-state index is 11.6. The van der Waals surface area contributed by atoms with Crippen LogP contribution in [0.25, 0.3) is 0 Å². The summed E-state index contributed by atoms with van der Waals surface area (Å²) in [5, 5.41) is 48.4. The summed E-state index contributed by atoms with van der Waals surface area (Å²) >= 11 is 0. The summed E-state index contributed by atoms with van der Waals surface area (Å²) in [4.78, 5) is 11.6. The van der Waals surface area contributed by atoms with Crippen molar-refractivity contribution in [2.24, 2.45) is 0 Å². The van der Waals surface area contributed by atoms with Crippen LogP contribution >= 0.6 is 0 Å². The number of carbonyl (C=O) groups excluding carboxylic acids is 1. The molecule has 0 aliphatic carbocycles. The molecule has 8 heteroatoms. The first-order chi connectivity index (χ1) is 10.2. The Bertz CT molecular complexity index is 572. The molecule has 1 saturated heterocycles. The number of benzene rings is 1. The molecule has 2 rings (SSSR count). The average molecular weight is 314 g/mol. The lowest BCUT2D eigenvalue weighted by Gasteiger charge is -2.39. The van der Waals surface area contributed by atoms with Gasteiger partial charge in [-0.3, -0.25) is 4.79 Å². The highest BCUT2D eigenvalue weighted by atomic mass is 16.7. The molecule has 1 aromatic rings. The Morgan fingerprint density at radius 2 is 1.77 bits per heavy atom. The predicted octanol–water partition coefficient (Wildman–Crippen LogP) is -0.493. The number of phenols is 2. The normalized spacial score (nSPS) is 31.8. The summed E-state index contributed by atoms with van der Waals surface area (Å²) in [7, 11) is 0. The number of carbonyl (C=O) groups is 1. The van der Waals surface area contributed by atoms with E-state index in [1.165, 1.54) is 13.8 Å². The number of aliphatic hydroxyl groups is 3. The van der Waals surface area contributed by atoms with Crippen molar-refractivity contribution in [3.05, 3.63) is 17.7 Å². The molecule has 1 fully saturated rings. The molecule has 1 aromatic carbocycles. The second-order valence-electron chi connectivity index (χ2n) is 5.19. The molecule has 0 saturated carbocycles. The lowest BCUT2D eigenvalue weighted by Crippen LogP contribution is -2.58. The SMILES string of the molecule is CC(=O)c1c(O)cc(O)cc1O[C@H]1O[C@@H](C)[C@H](O)[C@@H](O)[C@@H]1O. The maximum atomic E-state index is 11.6. The predicted molar refractivity (Wildman–Crippen MR) is 72.8 cm³/mol. The van der Waals surface area contributed by atoms with Gasteiger partial charge in [0, 0.05) is 12.1 Å². The van der Waals surface area contributed by atoms with Gasteiger partial charge in [0.15, 0.2) is 5.78 Å². The molecule has 1 aliphatic rings. The fourth-order valence-electron chi connectivity index (χ4n) is 2.27. The van der Waals surface area contributed by atoms with E-state index >= 15 is 0 Å². The average Bonchev–Trinajstić information content (AvgIpc) is 2.41. The molecule has 0 unspecified atom stereocenters. The molecule has 122 valence electrons. The molecule has 1 aliphatic heterocycles. The van der Waals surface area contributed by atoms with Gasteiger partial charge in [0.25, 0.3) is 0 Å². The summed E-state index contributed by atoms with van der Waals surface area (Å²) < 4.78 is 10.6. The van der Waals surface area contributed by atoms with E-state index in [2.05, 4.69) is 0 Å². The van der Waals surface area contributed by atoms with E-state index in [0.717, 1.165) is 12.1 Å². The molecule has 0 radical (unpaired) electrons. The van der Waals surface area contributed by atoms with Gasteiger partial charge in [0.05, 0.1) is 6.10 Å². The quantitative estimate of drug-likeness (QED) is 0.471. The molecule has 5 N–H and O–H groups in total. The van der Waals surface area contributed by atoms with Gasteiger partial charge in [-0.15, -0.1) is 0 Å². The first-order valence-corrected chi connectivity index (χ1v) is 6.65. The fourth-order valence-corrected chi connectivity index (χ4v) is 2.27. The number of rotatable bonds is 3. The van der Waals surface area contributed by atoms with Crippen molar-refractivity contribution >= 4 is 5.78 Å². The molecule has 0 spiro atoms. The third-order valence-corrected chi connectivity index (χ3v) is 3.47. The summed E-state index contributed by atoms with van der Waals surface area (Å²) in [6.45, 7) is 2.67. The molecular weight excluding hydrogens is 296 g/mol. The van der Waals surface area contributed by atoms with Crippen LogP contribution in [0.4, 0.5) is 0 Å². The van der Waals surface area contributed by atoms with Crippen LogP contribution in [0.2, 0.25) is 0 Å². The Balaban J connectivity index is 2.32. The minimum atomic E-state index is -1.57. The van der Waals surface area contributed by atoms with Gasteiger partial charge in [-0.05, 0) is 13.8 Å². The highest BCUT2D eigenvalue weighted by Gasteiger charge is 2.43. The molecule has 0 bridgehead atoms. The van der Waals surface area contributed by atoms with E-state index in [4.69, 9.17) is 9.47 Å². The van der Waals surface area contributed by atoms with Gasteiger partial charge in [-0.1, -0.05) is 0 Å². The van der Waals surface area contributed by atoms with E-state index in [1.54, 1.807) is 0 Å². The van der Waals surface area contributed by atoms with Crippen LogP contribution in [0.3, 0.4) is 0 Å². The zero-order valence-corrected chi connectivity index (χ0v) is 12.0. The Labute approximate surface area is 126 Å². The Kier molecular flexibility index (Phi) is 4.57. The van der Waals surface area contributed by atoms with Crippen LogP contribution in [0.1, 0.15) is 24.2 Å². The monoisotopic (exact) mass is 314 g/mol. The zero-order chi connectivity index (χ0) is 16.6. The summed E-state index contributed by atoms with van der Waals surface area (Å²) in [5.41, 5.74) is -0.193. The number of aliphatic hydroxyl groups excluding tert-OH is 3. The topological polar surface area (TPSA) is 137 Å². The van der Waals surface area contributed by atoms with Crippen LogP contribution in [-0.2, 0) is 4.74 Å². The molecule has 5 atom stereocenters. The Hall–Kier alpha value is -1.87. The van der Waals surface area contributed by atoms with Crippen molar-refractivity contribution in [1.29, 1.82) is 0 Å². The van der Waals surface area contributed by atoms with Crippen LogP contribution in [0.15, 0.2) is 12.1 Å². The number of hydrogen-bond donors (Lipinski definition) is 5. The van der Waals surface area contributed by atoms with E-state index in [9.17, 15) is 30.3 Å². The molecular formula is C14H18O8. The van der Waals surface area contributed by atoms with Gasteiger partial charge in [0.1, 0.15) is 41.1 Å². The molecule has 1 heterocycles. The minimum absolute atomic E-state index is 0.193. The van der Waals surface area contributed by atoms with Crippen LogP contribution < -0.4 is 4.74 Å². The molecule has 0 amide bonds. The smallest absolute Gasteiger partial charge is 0.229 e. The number of ketones is 1. The Morgan fingerprint density at radius 3 is 2.36 bits per heavy atom. The fraction of sp³-hybridized carbons (Fsp3) is 0.500. The van der Waals surface area contributed by atoms with Crippen LogP contribution in [0, 0.1) is 0 Å². The summed E-state index contributed by atoms with van der Waals surface area (Å²) in [5.74, 6) is -1.56. The van der Waals surface area contributed by atoms with Crippen molar-refractivity contribution in [1.82, 2.24) is 0 Å². The summed E-state index contributed by atoms with van der Waals surface area (Å²) in [6.07, 6.45) is -6.57. The maximum Gasteiger partial charge on any atom is 0.229 e. The number of phenolic OH excluding ortho intramolecular Hbond substituents is 2. The van der Waals surface area contributed by atoms with Gasteiger partial charge >= 0.3 is 0 Å². The lowest BCUT2D eigenvalue weighted by molar-refractivity contribution is -0.268. The van der Waals surface area contributed by atoms with Gasteiger partial charge in [-0.2, -0.15) is 0 Å². The van der Waals surface area contributed by atoms with E-state index < -0.39 is 42.2 Å². The molecule has 8 nitrogen and oxygen atoms in total. The molecule has 22 heavy (non-hydrogen) atoms. The highest BCUT2D eigenvalue weighted by molar-refractivity contribution is 5.99. The number of Topliss-reactive ketones (excluding diaryl/α,β-unsaturated/α-hetero) is 1. The van der Waals surface area contributed by atoms with Crippen molar-refractivity contribution in [3.63, 3.8) is 0 Å². The van der Waals surface area contributed by atoms with E-state index in [0.29, 0.717) is 0 Å². The number of ether oxygens (including phenoxy) is 2. The first-order valence-electron chi connectivity index (χ1n) is 6.65. The largest absolute Gasteiger partial charge is 0.508 e. The van der Waals surface area contributed by atoms with Crippen molar-refractivity contribution in [3.8, 4) is 17.2 Å². The molecule has 0 aromatic heterocycles. The lowest BCUT2D eigenvalue weighted by atomic mass is 10.00. The number of hydrogen-bond acceptors (Lipinski definition) is 8. The zero-order valence-electron chi connectivity index (χ0n) is 12.0. The van der Waals surface area contributed by atoms with E-state index in [-0.39, 0.29) is 17.1 Å². The third-order valence-electron chi connectivity index (χ3n) is 3.47. The third kappa shape index (κ3) is 3.00. The summed E-state index contributed by atoms with van der Waals surface area (Å²) in [6, 6.07) is 2.05. The van der Waals surface area contributed by atoms with Gasteiger partial charge in [0.2, 0.25) is 6.29 Å². The number of aromatic hydroxyl groups is 2. The van der Waals surface area contributed by atoms with Crippen LogP contribution in [0.5, 0.6) is 17.2 Å². The highest BCUT2D eigenvalue weighted by Crippen LogP contribution is 2.35.